The van der Waals surface area contributed by atoms with Gasteiger partial charge in [0.05, 0.1) is 18.8 Å². The number of carboxylic acids is 1. The molecule has 0 aliphatic carbocycles. The number of rotatable bonds is 7. The van der Waals surface area contributed by atoms with E-state index < -0.39 is 39.9 Å². The summed E-state index contributed by atoms with van der Waals surface area (Å²) in [5, 5.41) is 26.3. The molecule has 0 unspecified atom stereocenters. The summed E-state index contributed by atoms with van der Waals surface area (Å²) in [4.78, 5) is 9.96. The smallest absolute Gasteiger partial charge is 0.335 e. The second-order valence-electron chi connectivity index (χ2n) is 3.80. The molecule has 0 spiro atoms. The number of nitrogens with zero attached hydrogens (tertiary/aromatic N) is 1. The van der Waals surface area contributed by atoms with Crippen molar-refractivity contribution in [1.29, 1.82) is 0 Å². The van der Waals surface area contributed by atoms with Gasteiger partial charge in [0.25, 0.3) is 0 Å². The van der Waals surface area contributed by atoms with Gasteiger partial charge in [0.2, 0.25) is 10.0 Å². The molecular weight excluding hydrogens is 293 g/mol. The van der Waals surface area contributed by atoms with E-state index in [2.05, 4.69) is 0 Å². The quantitative estimate of drug-likeness (QED) is 0.625. The van der Waals surface area contributed by atoms with Crippen molar-refractivity contribution in [2.75, 3.05) is 26.3 Å². The zero-order chi connectivity index (χ0) is 15.3. The van der Waals surface area contributed by atoms with Gasteiger partial charge in [-0.25, -0.2) is 17.6 Å². The summed E-state index contributed by atoms with van der Waals surface area (Å²) in [6, 6.07) is 2.41. The van der Waals surface area contributed by atoms with Crippen LogP contribution in [0.25, 0.3) is 0 Å². The van der Waals surface area contributed by atoms with Crippen molar-refractivity contribution in [2.45, 2.75) is 4.90 Å². The molecule has 0 aromatic heterocycles. The molecule has 0 saturated heterocycles. The van der Waals surface area contributed by atoms with E-state index in [0.29, 0.717) is 10.4 Å². The topological polar surface area (TPSA) is 115 Å². The maximum absolute atomic E-state index is 13.8. The van der Waals surface area contributed by atoms with Crippen LogP contribution in [0.15, 0.2) is 23.1 Å². The standard InChI is InChI=1S/C11H14FNO6S/c12-9-7-8(11(16)17)1-2-10(9)20(18,19)13(3-5-14)4-6-15/h1-2,7,14-15H,3-6H2,(H,16,17). The summed E-state index contributed by atoms with van der Waals surface area (Å²) in [5.74, 6) is -2.58. The minimum absolute atomic E-state index is 0.303. The fraction of sp³-hybridized carbons (Fsp3) is 0.364. The van der Waals surface area contributed by atoms with Crippen LogP contribution >= 0.6 is 0 Å². The molecular formula is C11H14FNO6S. The highest BCUT2D eigenvalue weighted by molar-refractivity contribution is 7.89. The van der Waals surface area contributed by atoms with Crippen LogP contribution in [-0.4, -0.2) is 60.3 Å². The number of hydrogen-bond acceptors (Lipinski definition) is 5. The van der Waals surface area contributed by atoms with Crippen LogP contribution in [0.3, 0.4) is 0 Å². The van der Waals surface area contributed by atoms with E-state index in [9.17, 15) is 17.6 Å². The second-order valence-corrected chi connectivity index (χ2v) is 5.71. The summed E-state index contributed by atoms with van der Waals surface area (Å²) in [6.07, 6.45) is 0. The predicted molar refractivity (Wildman–Crippen MR) is 66.3 cm³/mol. The Bertz CT molecular complexity index is 583. The average molecular weight is 307 g/mol. The van der Waals surface area contributed by atoms with Gasteiger partial charge in [-0.05, 0) is 18.2 Å². The second kappa shape index (κ2) is 6.75. The lowest BCUT2D eigenvalue weighted by atomic mass is 10.2. The van der Waals surface area contributed by atoms with Crippen molar-refractivity contribution in [3.8, 4) is 0 Å². The third-order valence-corrected chi connectivity index (χ3v) is 4.43. The number of halogens is 1. The highest BCUT2D eigenvalue weighted by Crippen LogP contribution is 2.20. The Labute approximate surface area is 114 Å². The molecule has 0 fully saturated rings. The number of hydrogen-bond donors (Lipinski definition) is 3. The Kier molecular flexibility index (Phi) is 5.57. The number of carboxylic acid groups (broad SMARTS) is 1. The summed E-state index contributed by atoms with van der Waals surface area (Å²) >= 11 is 0. The third kappa shape index (κ3) is 3.51. The molecule has 1 aromatic carbocycles. The Morgan fingerprint density at radius 2 is 1.75 bits per heavy atom. The number of aliphatic hydroxyl groups excluding tert-OH is 2. The maximum atomic E-state index is 13.8. The van der Waals surface area contributed by atoms with Gasteiger partial charge in [-0.1, -0.05) is 0 Å². The van der Waals surface area contributed by atoms with Gasteiger partial charge in [-0.15, -0.1) is 0 Å². The van der Waals surface area contributed by atoms with Crippen molar-refractivity contribution in [2.24, 2.45) is 0 Å². The fourth-order valence-corrected chi connectivity index (χ4v) is 3.02. The minimum Gasteiger partial charge on any atom is -0.478 e. The van der Waals surface area contributed by atoms with Gasteiger partial charge in [0, 0.05) is 13.1 Å². The normalized spacial score (nSPS) is 11.8. The monoisotopic (exact) mass is 307 g/mol. The number of aromatic carboxylic acids is 1. The van der Waals surface area contributed by atoms with Crippen molar-refractivity contribution in [1.82, 2.24) is 4.31 Å². The summed E-state index contributed by atoms with van der Waals surface area (Å²) in [7, 11) is -4.25. The van der Waals surface area contributed by atoms with Crippen molar-refractivity contribution in [3.05, 3.63) is 29.6 Å². The third-order valence-electron chi connectivity index (χ3n) is 2.50. The lowest BCUT2D eigenvalue weighted by molar-refractivity contribution is 0.0696. The van der Waals surface area contributed by atoms with Crippen LogP contribution in [0.2, 0.25) is 0 Å². The van der Waals surface area contributed by atoms with E-state index in [-0.39, 0.29) is 18.7 Å². The molecule has 0 heterocycles. The number of aliphatic hydroxyl groups is 2. The van der Waals surface area contributed by atoms with Gasteiger partial charge >= 0.3 is 5.97 Å². The molecule has 20 heavy (non-hydrogen) atoms. The van der Waals surface area contributed by atoms with Crippen LogP contribution in [0.4, 0.5) is 4.39 Å². The molecule has 7 nitrogen and oxygen atoms in total. The van der Waals surface area contributed by atoms with Crippen molar-refractivity contribution >= 4 is 16.0 Å². The van der Waals surface area contributed by atoms with Crippen LogP contribution in [0.5, 0.6) is 0 Å². The zero-order valence-electron chi connectivity index (χ0n) is 10.4. The summed E-state index contributed by atoms with van der Waals surface area (Å²) in [5.41, 5.74) is -0.377. The van der Waals surface area contributed by atoms with E-state index in [1.54, 1.807) is 0 Å². The van der Waals surface area contributed by atoms with Gasteiger partial charge in [-0.2, -0.15) is 4.31 Å². The number of sulfonamides is 1. The SMILES string of the molecule is O=C(O)c1ccc(S(=O)(=O)N(CCO)CCO)c(F)c1. The van der Waals surface area contributed by atoms with Crippen LogP contribution in [0, 0.1) is 5.82 Å². The molecule has 0 saturated carbocycles. The summed E-state index contributed by atoms with van der Waals surface area (Å²) < 4.78 is 38.7. The molecule has 1 aromatic rings. The summed E-state index contributed by atoms with van der Waals surface area (Å²) in [6.45, 7) is -1.59. The minimum atomic E-state index is -4.25. The van der Waals surface area contributed by atoms with Crippen LogP contribution in [0.1, 0.15) is 10.4 Å². The van der Waals surface area contributed by atoms with Gasteiger partial charge < -0.3 is 15.3 Å². The first-order chi connectivity index (χ1) is 9.34. The van der Waals surface area contributed by atoms with Gasteiger partial charge in [0.1, 0.15) is 10.7 Å². The predicted octanol–water partition coefficient (Wildman–Crippen LogP) is -0.501. The van der Waals surface area contributed by atoms with E-state index in [4.69, 9.17) is 15.3 Å². The van der Waals surface area contributed by atoms with E-state index in [1.807, 2.05) is 0 Å². The molecule has 0 atom stereocenters. The molecule has 0 bridgehead atoms. The number of carbonyl (C=O) groups is 1. The lowest BCUT2D eigenvalue weighted by Gasteiger charge is -2.20. The molecule has 112 valence electrons. The van der Waals surface area contributed by atoms with Crippen LogP contribution < -0.4 is 0 Å². The first kappa shape index (κ1) is 16.5. The first-order valence-electron chi connectivity index (χ1n) is 5.59. The Hall–Kier alpha value is -1.55. The Morgan fingerprint density at radius 1 is 1.20 bits per heavy atom. The maximum Gasteiger partial charge on any atom is 0.335 e. The van der Waals surface area contributed by atoms with Gasteiger partial charge in [-0.3, -0.25) is 0 Å². The molecule has 3 N–H and O–H groups in total. The first-order valence-corrected chi connectivity index (χ1v) is 7.03. The average Bonchev–Trinajstić information content (AvgIpc) is 2.37. The highest BCUT2D eigenvalue weighted by Gasteiger charge is 2.27. The van der Waals surface area contributed by atoms with E-state index in [0.717, 1.165) is 12.1 Å². The molecule has 9 heteroatoms. The number of benzene rings is 1. The molecule has 0 radical (unpaired) electrons. The Balaban J connectivity index is 3.23. The van der Waals surface area contributed by atoms with Crippen molar-refractivity contribution < 1.29 is 32.9 Å². The largest absolute Gasteiger partial charge is 0.478 e. The van der Waals surface area contributed by atoms with Crippen LogP contribution in [-0.2, 0) is 10.0 Å². The van der Waals surface area contributed by atoms with Gasteiger partial charge in [0.15, 0.2) is 0 Å². The highest BCUT2D eigenvalue weighted by atomic mass is 32.2. The zero-order valence-corrected chi connectivity index (χ0v) is 11.2. The Morgan fingerprint density at radius 3 is 2.15 bits per heavy atom. The van der Waals surface area contributed by atoms with E-state index in [1.165, 1.54) is 0 Å². The molecule has 0 aliphatic rings. The molecule has 1 rings (SSSR count). The fourth-order valence-electron chi connectivity index (χ4n) is 1.56. The molecule has 0 amide bonds. The van der Waals surface area contributed by atoms with E-state index >= 15 is 0 Å². The lowest BCUT2D eigenvalue weighted by Crippen LogP contribution is -2.36. The molecule has 0 aliphatic heterocycles. The van der Waals surface area contributed by atoms with Crippen molar-refractivity contribution in [3.63, 3.8) is 0 Å².